The van der Waals surface area contributed by atoms with Gasteiger partial charge in [0, 0.05) is 23.2 Å². The summed E-state index contributed by atoms with van der Waals surface area (Å²) in [6, 6.07) is 11.9. The summed E-state index contributed by atoms with van der Waals surface area (Å²) in [4.78, 5) is 28.5. The Hall–Kier alpha value is -2.44. The minimum Gasteiger partial charge on any atom is -0.497 e. The lowest BCUT2D eigenvalue weighted by Crippen LogP contribution is -2.48. The van der Waals surface area contributed by atoms with Gasteiger partial charge in [0.1, 0.15) is 23.4 Å². The third kappa shape index (κ3) is 7.05. The van der Waals surface area contributed by atoms with Crippen molar-refractivity contribution in [3.05, 3.63) is 58.6 Å². The van der Waals surface area contributed by atoms with E-state index in [1.54, 1.807) is 32.4 Å². The van der Waals surface area contributed by atoms with Crippen LogP contribution in [0.2, 0.25) is 5.02 Å². The molecule has 0 spiro atoms. The van der Waals surface area contributed by atoms with Gasteiger partial charge in [-0.3, -0.25) is 9.59 Å². The smallest absolute Gasteiger partial charge is 0.247 e. The summed E-state index contributed by atoms with van der Waals surface area (Å²) in [5, 5.41) is 3.81. The normalized spacial score (nSPS) is 18.4. The summed E-state index contributed by atoms with van der Waals surface area (Å²) in [6.07, 6.45) is 4.43. The molecular weight excluding hydrogens is 487 g/mol. The Balaban J connectivity index is 1.99. The van der Waals surface area contributed by atoms with E-state index in [1.165, 1.54) is 4.90 Å². The maximum absolute atomic E-state index is 13.8. The minimum atomic E-state index is -0.937. The number of rotatable bonds is 10. The third-order valence-corrected chi connectivity index (χ3v) is 7.27. The predicted molar refractivity (Wildman–Crippen MR) is 139 cm³/mol. The molecule has 35 heavy (non-hydrogen) atoms. The van der Waals surface area contributed by atoms with Crippen LogP contribution in [0.1, 0.15) is 49.8 Å². The van der Waals surface area contributed by atoms with Crippen molar-refractivity contribution in [2.45, 2.75) is 51.1 Å². The molecule has 1 fully saturated rings. The van der Waals surface area contributed by atoms with E-state index in [4.69, 9.17) is 32.7 Å². The van der Waals surface area contributed by atoms with E-state index in [9.17, 15) is 9.59 Å². The highest BCUT2D eigenvalue weighted by Crippen LogP contribution is 2.34. The first kappa shape index (κ1) is 27.2. The summed E-state index contributed by atoms with van der Waals surface area (Å²) in [7, 11) is 3.10. The molecule has 190 valence electrons. The molecule has 1 aliphatic carbocycles. The van der Waals surface area contributed by atoms with E-state index in [0.29, 0.717) is 34.4 Å². The number of carbonyl (C=O) groups is 2. The van der Waals surface area contributed by atoms with Gasteiger partial charge in [-0.2, -0.15) is 0 Å². The number of hydrogen-bond donors (Lipinski definition) is 1. The molecule has 3 rings (SSSR count). The molecular formula is C27H34Cl2N2O4. The van der Waals surface area contributed by atoms with E-state index in [-0.39, 0.29) is 30.3 Å². The molecule has 2 amide bonds. The molecule has 0 unspecified atom stereocenters. The van der Waals surface area contributed by atoms with Crippen LogP contribution in [0.25, 0.3) is 0 Å². The average molecular weight is 521 g/mol. The first-order valence-corrected chi connectivity index (χ1v) is 12.9. The van der Waals surface area contributed by atoms with Gasteiger partial charge in [0.2, 0.25) is 11.8 Å². The monoisotopic (exact) mass is 520 g/mol. The van der Waals surface area contributed by atoms with Crippen molar-refractivity contribution in [3.63, 3.8) is 0 Å². The molecule has 0 bridgehead atoms. The van der Waals surface area contributed by atoms with Gasteiger partial charge in [-0.1, -0.05) is 36.7 Å². The summed E-state index contributed by atoms with van der Waals surface area (Å²) < 4.78 is 11.0. The lowest BCUT2D eigenvalue weighted by atomic mass is 9.87. The maximum Gasteiger partial charge on any atom is 0.247 e. The van der Waals surface area contributed by atoms with Gasteiger partial charge in [0.25, 0.3) is 0 Å². The molecule has 1 aliphatic rings. The number of amides is 2. The van der Waals surface area contributed by atoms with E-state index in [0.717, 1.165) is 31.2 Å². The number of carbonyl (C=O) groups excluding carboxylic acids is 2. The molecule has 0 aliphatic heterocycles. The van der Waals surface area contributed by atoms with E-state index >= 15 is 0 Å². The quantitative estimate of drug-likeness (QED) is 0.425. The molecule has 1 atom stereocenters. The molecule has 1 N–H and O–H groups in total. The average Bonchev–Trinajstić information content (AvgIpc) is 2.87. The summed E-state index contributed by atoms with van der Waals surface area (Å²) in [5.74, 6) is 0.861. The van der Waals surface area contributed by atoms with Crippen molar-refractivity contribution in [2.75, 3.05) is 26.6 Å². The van der Waals surface area contributed by atoms with E-state index in [2.05, 4.69) is 12.2 Å². The number of hydrogen-bond acceptors (Lipinski definition) is 4. The van der Waals surface area contributed by atoms with Crippen LogP contribution < -0.4 is 14.8 Å². The van der Waals surface area contributed by atoms with Crippen LogP contribution in [0.4, 0.5) is 0 Å². The Morgan fingerprint density at radius 1 is 1.09 bits per heavy atom. The number of halogens is 2. The Kier molecular flexibility index (Phi) is 10.1. The fraction of sp³-hybridized carbons (Fsp3) is 0.481. The van der Waals surface area contributed by atoms with Crippen LogP contribution in [-0.4, -0.2) is 49.4 Å². The zero-order valence-corrected chi connectivity index (χ0v) is 22.1. The van der Waals surface area contributed by atoms with Gasteiger partial charge in [-0.15, -0.1) is 11.6 Å². The SMILES string of the molecule is COc1ccc(OC)c([C@H](C(=O)NC2CCC(C)CC2)N(CCc2ccccc2Cl)C(=O)CCl)c1. The van der Waals surface area contributed by atoms with E-state index < -0.39 is 6.04 Å². The molecule has 2 aromatic rings. The highest BCUT2D eigenvalue weighted by atomic mass is 35.5. The second-order valence-electron chi connectivity index (χ2n) is 9.04. The van der Waals surface area contributed by atoms with Crippen molar-refractivity contribution in [3.8, 4) is 11.5 Å². The largest absolute Gasteiger partial charge is 0.497 e. The summed E-state index contributed by atoms with van der Waals surface area (Å²) in [5.41, 5.74) is 1.44. The van der Waals surface area contributed by atoms with Gasteiger partial charge in [0.15, 0.2) is 0 Å². The minimum absolute atomic E-state index is 0.0642. The highest BCUT2D eigenvalue weighted by Gasteiger charge is 2.35. The first-order valence-electron chi connectivity index (χ1n) is 12.0. The molecule has 0 saturated heterocycles. The fourth-order valence-electron chi connectivity index (χ4n) is 4.60. The van der Waals surface area contributed by atoms with Crippen molar-refractivity contribution >= 4 is 35.0 Å². The second kappa shape index (κ2) is 13.0. The van der Waals surface area contributed by atoms with Crippen molar-refractivity contribution in [1.29, 1.82) is 0 Å². The standard InChI is InChI=1S/C27H34Cl2N2O4/c1-18-8-10-20(11-9-18)30-27(33)26(22-16-21(34-2)12-13-24(22)35-3)31(25(32)17-28)15-14-19-6-4-5-7-23(19)29/h4-7,12-13,16,18,20,26H,8-11,14-15,17H2,1-3H3,(H,30,33)/t18?,20?,26-/m1/s1. The van der Waals surface area contributed by atoms with Crippen LogP contribution in [0.15, 0.2) is 42.5 Å². The highest BCUT2D eigenvalue weighted by molar-refractivity contribution is 6.31. The van der Waals surface area contributed by atoms with Crippen LogP contribution in [0.3, 0.4) is 0 Å². The summed E-state index contributed by atoms with van der Waals surface area (Å²) >= 11 is 12.4. The molecule has 6 nitrogen and oxygen atoms in total. The van der Waals surface area contributed by atoms with Crippen molar-refractivity contribution in [1.82, 2.24) is 10.2 Å². The van der Waals surface area contributed by atoms with Gasteiger partial charge in [-0.25, -0.2) is 0 Å². The lowest BCUT2D eigenvalue weighted by Gasteiger charge is -2.34. The predicted octanol–water partition coefficient (Wildman–Crippen LogP) is 5.40. The zero-order chi connectivity index (χ0) is 25.4. The fourth-order valence-corrected chi connectivity index (χ4v) is 4.99. The Bertz CT molecular complexity index is 1010. The number of benzene rings is 2. The topological polar surface area (TPSA) is 67.9 Å². The molecule has 8 heteroatoms. The molecule has 0 heterocycles. The number of alkyl halides is 1. The molecule has 0 aromatic heterocycles. The van der Waals surface area contributed by atoms with Gasteiger partial charge < -0.3 is 19.7 Å². The Morgan fingerprint density at radius 3 is 2.43 bits per heavy atom. The molecule has 1 saturated carbocycles. The maximum atomic E-state index is 13.8. The Labute approximate surface area is 217 Å². The van der Waals surface area contributed by atoms with Crippen LogP contribution in [0.5, 0.6) is 11.5 Å². The third-order valence-electron chi connectivity index (χ3n) is 6.67. The van der Waals surface area contributed by atoms with Gasteiger partial charge in [-0.05, 0) is 67.9 Å². The van der Waals surface area contributed by atoms with Crippen molar-refractivity contribution < 1.29 is 19.1 Å². The van der Waals surface area contributed by atoms with Crippen LogP contribution >= 0.6 is 23.2 Å². The summed E-state index contributed by atoms with van der Waals surface area (Å²) in [6.45, 7) is 2.49. The number of nitrogens with zero attached hydrogens (tertiary/aromatic N) is 1. The number of ether oxygens (including phenoxy) is 2. The Morgan fingerprint density at radius 2 is 1.80 bits per heavy atom. The zero-order valence-electron chi connectivity index (χ0n) is 20.6. The number of nitrogens with one attached hydrogen (secondary N) is 1. The van der Waals surface area contributed by atoms with E-state index in [1.807, 2.05) is 24.3 Å². The van der Waals surface area contributed by atoms with Crippen LogP contribution in [-0.2, 0) is 16.0 Å². The van der Waals surface area contributed by atoms with Gasteiger partial charge >= 0.3 is 0 Å². The molecule has 2 aromatic carbocycles. The second-order valence-corrected chi connectivity index (χ2v) is 9.71. The van der Waals surface area contributed by atoms with Gasteiger partial charge in [0.05, 0.1) is 14.2 Å². The molecule has 0 radical (unpaired) electrons. The first-order chi connectivity index (χ1) is 16.9. The van der Waals surface area contributed by atoms with Crippen molar-refractivity contribution in [2.24, 2.45) is 5.92 Å². The lowest BCUT2D eigenvalue weighted by molar-refractivity contribution is -0.139. The number of methoxy groups -OCH3 is 2. The van der Waals surface area contributed by atoms with Crippen LogP contribution in [0, 0.1) is 5.92 Å².